The Hall–Kier alpha value is -7.28. The van der Waals surface area contributed by atoms with Crippen LogP contribution < -0.4 is 0 Å². The fourth-order valence-corrected chi connectivity index (χ4v) is 9.12. The van der Waals surface area contributed by atoms with Crippen molar-refractivity contribution in [3.8, 4) is 55.6 Å². The highest BCUT2D eigenvalue weighted by Gasteiger charge is 2.21. The van der Waals surface area contributed by atoms with Crippen LogP contribution >= 0.6 is 0 Å². The highest BCUT2D eigenvalue weighted by molar-refractivity contribution is 6.22. The normalized spacial score (nSPS) is 11.6. The lowest BCUT2D eigenvalue weighted by Gasteiger charge is -2.21. The van der Waals surface area contributed by atoms with Crippen molar-refractivity contribution >= 4 is 53.9 Å². The summed E-state index contributed by atoms with van der Waals surface area (Å²) < 4.78 is 0. The minimum Gasteiger partial charge on any atom is -0.0622 e. The predicted molar refractivity (Wildman–Crippen MR) is 241 cm³/mol. The lowest BCUT2D eigenvalue weighted by Crippen LogP contribution is -1.94. The SMILES string of the molecule is c1ccc(-c2c3ccccc3c(-c3ccc4ccc(-c5cccc6ccccc56)c(-c5ccccc5-c5ccc6ccccc6c5)c4c3)c3ccccc23)cc1. The number of benzene rings is 11. The minimum atomic E-state index is 1.21. The Labute approximate surface area is 326 Å². The second-order valence-corrected chi connectivity index (χ2v) is 14.8. The van der Waals surface area contributed by atoms with Crippen LogP contribution in [0, 0.1) is 0 Å². The molecular weight excluding hydrogens is 673 g/mol. The molecule has 0 fully saturated rings. The molecule has 0 saturated heterocycles. The largest absolute Gasteiger partial charge is 0.0622 e. The molecular formula is C56H36. The number of fused-ring (bicyclic) bond motifs is 5. The monoisotopic (exact) mass is 708 g/mol. The Kier molecular flexibility index (Phi) is 7.60. The smallest absolute Gasteiger partial charge is 0.00201 e. The quantitative estimate of drug-likeness (QED) is 0.156. The standard InChI is InChI=1S/C56H36/c1-2-17-40(18-3-1)54-48-24-10-12-26-50(48)55(51-27-13-11-25-49(51)54)43-32-30-39-33-34-52(46-28-14-20-38-16-6-7-21-44(38)46)56(53(39)36-43)47-23-9-8-22-45(47)42-31-29-37-15-4-5-19-41(37)35-42/h1-36H. The highest BCUT2D eigenvalue weighted by atomic mass is 14.2. The summed E-state index contributed by atoms with van der Waals surface area (Å²) >= 11 is 0. The average Bonchev–Trinajstić information content (AvgIpc) is 3.27. The Morgan fingerprint density at radius 3 is 1.39 bits per heavy atom. The van der Waals surface area contributed by atoms with Gasteiger partial charge in [0.15, 0.2) is 0 Å². The van der Waals surface area contributed by atoms with E-state index >= 15 is 0 Å². The van der Waals surface area contributed by atoms with E-state index in [1.165, 1.54) is 109 Å². The van der Waals surface area contributed by atoms with Crippen LogP contribution in [0.2, 0.25) is 0 Å². The Balaban J connectivity index is 1.24. The van der Waals surface area contributed by atoms with Gasteiger partial charge in [0.25, 0.3) is 0 Å². The Morgan fingerprint density at radius 2 is 0.661 bits per heavy atom. The van der Waals surface area contributed by atoms with Crippen molar-refractivity contribution in [1.29, 1.82) is 0 Å². The van der Waals surface area contributed by atoms with Crippen LogP contribution in [0.3, 0.4) is 0 Å². The van der Waals surface area contributed by atoms with Crippen LogP contribution in [-0.2, 0) is 0 Å². The Bertz CT molecular complexity index is 3230. The van der Waals surface area contributed by atoms with Gasteiger partial charge in [0.1, 0.15) is 0 Å². The summed E-state index contributed by atoms with van der Waals surface area (Å²) in [5.41, 5.74) is 12.4. The molecule has 0 unspecified atom stereocenters. The molecule has 0 N–H and O–H groups in total. The van der Waals surface area contributed by atoms with E-state index in [2.05, 4.69) is 218 Å². The van der Waals surface area contributed by atoms with E-state index in [0.29, 0.717) is 0 Å². The maximum atomic E-state index is 2.47. The molecule has 0 nitrogen and oxygen atoms in total. The summed E-state index contributed by atoms with van der Waals surface area (Å²) in [6, 6.07) is 80.5. The second kappa shape index (κ2) is 13.2. The van der Waals surface area contributed by atoms with Gasteiger partial charge in [-0.2, -0.15) is 0 Å². The van der Waals surface area contributed by atoms with Crippen molar-refractivity contribution in [3.05, 3.63) is 218 Å². The van der Waals surface area contributed by atoms with Gasteiger partial charge in [0.2, 0.25) is 0 Å². The zero-order valence-electron chi connectivity index (χ0n) is 30.8. The molecule has 11 rings (SSSR count). The fourth-order valence-electron chi connectivity index (χ4n) is 9.12. The van der Waals surface area contributed by atoms with Crippen molar-refractivity contribution in [2.75, 3.05) is 0 Å². The molecule has 0 radical (unpaired) electrons. The minimum absolute atomic E-state index is 1.21. The first-order chi connectivity index (χ1) is 27.8. The number of hydrogen-bond donors (Lipinski definition) is 0. The van der Waals surface area contributed by atoms with Crippen LogP contribution in [0.5, 0.6) is 0 Å². The molecule has 260 valence electrons. The summed E-state index contributed by atoms with van der Waals surface area (Å²) in [6.45, 7) is 0. The average molecular weight is 709 g/mol. The number of rotatable bonds is 5. The Morgan fingerprint density at radius 1 is 0.179 bits per heavy atom. The van der Waals surface area contributed by atoms with Crippen molar-refractivity contribution in [2.45, 2.75) is 0 Å². The van der Waals surface area contributed by atoms with Gasteiger partial charge in [-0.05, 0) is 122 Å². The van der Waals surface area contributed by atoms with Gasteiger partial charge in [-0.1, -0.05) is 206 Å². The van der Waals surface area contributed by atoms with E-state index in [4.69, 9.17) is 0 Å². The third-order valence-electron chi connectivity index (χ3n) is 11.6. The summed E-state index contributed by atoms with van der Waals surface area (Å²) in [4.78, 5) is 0. The first-order valence-corrected chi connectivity index (χ1v) is 19.4. The molecule has 11 aromatic rings. The molecule has 56 heavy (non-hydrogen) atoms. The lowest BCUT2D eigenvalue weighted by atomic mass is 9.82. The molecule has 0 heteroatoms. The van der Waals surface area contributed by atoms with E-state index in [9.17, 15) is 0 Å². The molecule has 0 amide bonds. The predicted octanol–water partition coefficient (Wildman–Crippen LogP) is 15.8. The molecule has 0 atom stereocenters. The van der Waals surface area contributed by atoms with Crippen LogP contribution in [0.4, 0.5) is 0 Å². The third kappa shape index (κ3) is 5.22. The van der Waals surface area contributed by atoms with E-state index in [1.54, 1.807) is 0 Å². The van der Waals surface area contributed by atoms with Crippen molar-refractivity contribution < 1.29 is 0 Å². The zero-order valence-corrected chi connectivity index (χ0v) is 30.8. The van der Waals surface area contributed by atoms with Gasteiger partial charge < -0.3 is 0 Å². The molecule has 0 aliphatic heterocycles. The van der Waals surface area contributed by atoms with Crippen LogP contribution in [-0.4, -0.2) is 0 Å². The van der Waals surface area contributed by atoms with Gasteiger partial charge in [-0.15, -0.1) is 0 Å². The van der Waals surface area contributed by atoms with Gasteiger partial charge >= 0.3 is 0 Å². The second-order valence-electron chi connectivity index (χ2n) is 14.8. The first-order valence-electron chi connectivity index (χ1n) is 19.4. The highest BCUT2D eigenvalue weighted by Crippen LogP contribution is 2.48. The first kappa shape index (κ1) is 32.2. The molecule has 0 bridgehead atoms. The molecule has 0 spiro atoms. The summed E-state index contributed by atoms with van der Waals surface area (Å²) in [6.07, 6.45) is 0. The third-order valence-corrected chi connectivity index (χ3v) is 11.6. The summed E-state index contributed by atoms with van der Waals surface area (Å²) in [5.74, 6) is 0. The maximum Gasteiger partial charge on any atom is -0.00201 e. The van der Waals surface area contributed by atoms with Gasteiger partial charge in [-0.3, -0.25) is 0 Å². The van der Waals surface area contributed by atoms with E-state index in [1.807, 2.05) is 0 Å². The van der Waals surface area contributed by atoms with E-state index in [-0.39, 0.29) is 0 Å². The van der Waals surface area contributed by atoms with Crippen molar-refractivity contribution in [1.82, 2.24) is 0 Å². The molecule has 0 aliphatic rings. The van der Waals surface area contributed by atoms with Gasteiger partial charge in [-0.25, -0.2) is 0 Å². The van der Waals surface area contributed by atoms with Crippen LogP contribution in [0.25, 0.3) is 109 Å². The van der Waals surface area contributed by atoms with Crippen molar-refractivity contribution in [2.24, 2.45) is 0 Å². The molecule has 0 aromatic heterocycles. The van der Waals surface area contributed by atoms with Crippen LogP contribution in [0.1, 0.15) is 0 Å². The fraction of sp³-hybridized carbons (Fsp3) is 0. The topological polar surface area (TPSA) is 0 Å². The maximum absolute atomic E-state index is 2.47. The van der Waals surface area contributed by atoms with Gasteiger partial charge in [0.05, 0.1) is 0 Å². The lowest BCUT2D eigenvalue weighted by molar-refractivity contribution is 1.60. The van der Waals surface area contributed by atoms with E-state index in [0.717, 1.165) is 0 Å². The number of hydrogen-bond acceptors (Lipinski definition) is 0. The summed E-state index contributed by atoms with van der Waals surface area (Å²) in [7, 11) is 0. The zero-order chi connectivity index (χ0) is 37.0. The van der Waals surface area contributed by atoms with E-state index < -0.39 is 0 Å². The molecule has 0 aliphatic carbocycles. The molecule has 11 aromatic carbocycles. The van der Waals surface area contributed by atoms with Crippen molar-refractivity contribution in [3.63, 3.8) is 0 Å². The summed E-state index contributed by atoms with van der Waals surface area (Å²) in [5, 5.41) is 12.5. The van der Waals surface area contributed by atoms with Gasteiger partial charge in [0, 0.05) is 0 Å². The molecule has 0 heterocycles. The van der Waals surface area contributed by atoms with Crippen LogP contribution in [0.15, 0.2) is 218 Å². The molecule has 0 saturated carbocycles.